The average molecular weight is 462 g/mol. The van der Waals surface area contributed by atoms with E-state index in [0.29, 0.717) is 31.9 Å². The second-order valence-electron chi connectivity index (χ2n) is 7.23. The van der Waals surface area contributed by atoms with E-state index in [2.05, 4.69) is 10.6 Å². The number of piperazine rings is 1. The molecule has 2 N–H and O–H groups in total. The lowest BCUT2D eigenvalue weighted by atomic mass is 10.3. The predicted molar refractivity (Wildman–Crippen MR) is 121 cm³/mol. The number of rotatable bonds is 7. The lowest BCUT2D eigenvalue weighted by molar-refractivity contribution is -0.117. The van der Waals surface area contributed by atoms with Crippen LogP contribution in [0.25, 0.3) is 0 Å². The number of carbonyl (C=O) groups excluding carboxylic acids is 2. The second kappa shape index (κ2) is 10.6. The third-order valence-corrected chi connectivity index (χ3v) is 6.78. The number of para-hydroxylation sites is 1. The van der Waals surface area contributed by atoms with Crippen LogP contribution in [-0.4, -0.2) is 81.5 Å². The minimum Gasteiger partial charge on any atom is -0.325 e. The zero-order valence-corrected chi connectivity index (χ0v) is 18.8. The van der Waals surface area contributed by atoms with E-state index in [9.17, 15) is 18.0 Å². The van der Waals surface area contributed by atoms with Crippen molar-refractivity contribution in [2.24, 2.45) is 0 Å². The first-order valence-electron chi connectivity index (χ1n) is 10.1. The van der Waals surface area contributed by atoms with Gasteiger partial charge in [-0.05, 0) is 36.4 Å². The Bertz CT molecular complexity index is 1020. The van der Waals surface area contributed by atoms with Crippen LogP contribution in [0.1, 0.15) is 0 Å². The Morgan fingerprint density at radius 2 is 1.53 bits per heavy atom. The molecule has 0 unspecified atom stereocenters. The van der Waals surface area contributed by atoms with Crippen LogP contribution in [0, 0.1) is 0 Å². The molecule has 2 aromatic rings. The molecule has 10 nitrogen and oxygen atoms in total. The monoisotopic (exact) mass is 461 g/mol. The molecule has 32 heavy (non-hydrogen) atoms. The summed E-state index contributed by atoms with van der Waals surface area (Å²) in [6, 6.07) is 14.9. The van der Waals surface area contributed by atoms with Crippen LogP contribution in [0.2, 0.25) is 0 Å². The van der Waals surface area contributed by atoms with E-state index in [0.717, 1.165) is 10.2 Å². The molecule has 1 aliphatic heterocycles. The maximum Gasteiger partial charge on any atom is 0.321 e. The highest BCUT2D eigenvalue weighted by atomic mass is 32.2. The third kappa shape index (κ3) is 6.04. The first-order valence-corrected chi connectivity index (χ1v) is 11.5. The highest BCUT2D eigenvalue weighted by Crippen LogP contribution is 2.18. The van der Waals surface area contributed by atoms with Gasteiger partial charge in [-0.25, -0.2) is 13.2 Å². The SMILES string of the molecule is CON(C)S(=O)(=O)c1ccc(NC(=O)N2CCN(CC(=O)Nc3ccccc3)CC2)cc1. The lowest BCUT2D eigenvalue weighted by Gasteiger charge is -2.34. The van der Waals surface area contributed by atoms with Crippen LogP contribution in [0.4, 0.5) is 16.2 Å². The molecule has 0 aliphatic carbocycles. The Morgan fingerprint density at radius 3 is 2.12 bits per heavy atom. The van der Waals surface area contributed by atoms with Crippen LogP contribution in [0.5, 0.6) is 0 Å². The number of urea groups is 1. The molecule has 0 saturated carbocycles. The molecule has 1 aliphatic rings. The highest BCUT2D eigenvalue weighted by molar-refractivity contribution is 7.89. The van der Waals surface area contributed by atoms with Crippen molar-refractivity contribution in [1.29, 1.82) is 0 Å². The zero-order chi connectivity index (χ0) is 23.1. The Kier molecular flexibility index (Phi) is 7.80. The zero-order valence-electron chi connectivity index (χ0n) is 18.0. The summed E-state index contributed by atoms with van der Waals surface area (Å²) >= 11 is 0. The van der Waals surface area contributed by atoms with Gasteiger partial charge in [0.1, 0.15) is 0 Å². The quantitative estimate of drug-likeness (QED) is 0.607. The van der Waals surface area contributed by atoms with E-state index in [1.807, 2.05) is 35.2 Å². The van der Waals surface area contributed by atoms with Gasteiger partial charge in [-0.2, -0.15) is 0 Å². The summed E-state index contributed by atoms with van der Waals surface area (Å²) in [5.41, 5.74) is 1.24. The van der Waals surface area contributed by atoms with E-state index in [4.69, 9.17) is 4.84 Å². The Morgan fingerprint density at radius 1 is 0.938 bits per heavy atom. The van der Waals surface area contributed by atoms with Crippen molar-refractivity contribution in [3.8, 4) is 0 Å². The van der Waals surface area contributed by atoms with E-state index in [-0.39, 0.29) is 23.4 Å². The number of anilines is 2. The topological polar surface area (TPSA) is 111 Å². The van der Waals surface area contributed by atoms with Crippen molar-refractivity contribution in [1.82, 2.24) is 14.3 Å². The summed E-state index contributed by atoms with van der Waals surface area (Å²) in [6.45, 7) is 2.38. The third-order valence-electron chi connectivity index (χ3n) is 5.08. The van der Waals surface area contributed by atoms with Gasteiger partial charge in [0.25, 0.3) is 10.0 Å². The number of hydrogen-bond donors (Lipinski definition) is 2. The Hall–Kier alpha value is -2.99. The largest absolute Gasteiger partial charge is 0.325 e. The number of sulfonamides is 1. The van der Waals surface area contributed by atoms with Gasteiger partial charge in [0.15, 0.2) is 0 Å². The molecule has 3 amide bonds. The van der Waals surface area contributed by atoms with Crippen molar-refractivity contribution in [3.05, 3.63) is 54.6 Å². The van der Waals surface area contributed by atoms with Gasteiger partial charge in [0.05, 0.1) is 18.6 Å². The van der Waals surface area contributed by atoms with E-state index < -0.39 is 10.0 Å². The van der Waals surface area contributed by atoms with Gasteiger partial charge in [0.2, 0.25) is 5.91 Å². The molecule has 0 aromatic heterocycles. The molecule has 0 bridgehead atoms. The molecule has 172 valence electrons. The minimum atomic E-state index is -3.74. The maximum atomic E-state index is 12.5. The van der Waals surface area contributed by atoms with Crippen molar-refractivity contribution >= 4 is 33.3 Å². The molecular formula is C21H27N5O5S. The standard InChI is InChI=1S/C21H27N5O5S/c1-24(31-2)32(29,30)19-10-8-18(9-11-19)23-21(28)26-14-12-25(13-15-26)16-20(27)22-17-6-4-3-5-7-17/h3-11H,12-16H2,1-2H3,(H,22,27)(H,23,28). The van der Waals surface area contributed by atoms with Crippen molar-refractivity contribution in [2.45, 2.75) is 4.90 Å². The molecule has 0 atom stereocenters. The normalized spacial score (nSPS) is 14.9. The van der Waals surface area contributed by atoms with E-state index >= 15 is 0 Å². The summed E-state index contributed by atoms with van der Waals surface area (Å²) in [5.74, 6) is -0.0942. The van der Waals surface area contributed by atoms with Gasteiger partial charge < -0.3 is 15.5 Å². The number of hydrogen-bond acceptors (Lipinski definition) is 6. The van der Waals surface area contributed by atoms with Crippen molar-refractivity contribution < 1.29 is 22.8 Å². The van der Waals surface area contributed by atoms with E-state index in [1.54, 1.807) is 4.90 Å². The fourth-order valence-corrected chi connectivity index (χ4v) is 4.17. The molecule has 1 fully saturated rings. The van der Waals surface area contributed by atoms with Gasteiger partial charge in [0, 0.05) is 44.6 Å². The van der Waals surface area contributed by atoms with Crippen molar-refractivity contribution in [3.63, 3.8) is 0 Å². The number of nitrogens with zero attached hydrogens (tertiary/aromatic N) is 3. The van der Waals surface area contributed by atoms with Crippen molar-refractivity contribution in [2.75, 3.05) is 57.5 Å². The summed E-state index contributed by atoms with van der Waals surface area (Å²) in [5, 5.41) is 5.63. The second-order valence-corrected chi connectivity index (χ2v) is 9.17. The van der Waals surface area contributed by atoms with Crippen LogP contribution in [0.3, 0.4) is 0 Å². The molecule has 3 rings (SSSR count). The summed E-state index contributed by atoms with van der Waals surface area (Å²) in [4.78, 5) is 33.2. The number of benzene rings is 2. The van der Waals surface area contributed by atoms with Crippen LogP contribution < -0.4 is 10.6 Å². The molecule has 2 aromatic carbocycles. The maximum absolute atomic E-state index is 12.5. The fraction of sp³-hybridized carbons (Fsp3) is 0.333. The van der Waals surface area contributed by atoms with Crippen LogP contribution in [0.15, 0.2) is 59.5 Å². The van der Waals surface area contributed by atoms with Gasteiger partial charge in [-0.3, -0.25) is 14.5 Å². The summed E-state index contributed by atoms with van der Waals surface area (Å²) in [7, 11) is -1.17. The Balaban J connectivity index is 1.47. The smallest absolute Gasteiger partial charge is 0.321 e. The predicted octanol–water partition coefficient (Wildman–Crippen LogP) is 1.66. The van der Waals surface area contributed by atoms with Crippen LogP contribution in [-0.2, 0) is 19.7 Å². The number of amides is 3. The average Bonchev–Trinajstić information content (AvgIpc) is 2.80. The molecule has 0 radical (unpaired) electrons. The molecule has 1 saturated heterocycles. The van der Waals surface area contributed by atoms with Crippen LogP contribution >= 0.6 is 0 Å². The molecule has 1 heterocycles. The highest BCUT2D eigenvalue weighted by Gasteiger charge is 2.23. The van der Waals surface area contributed by atoms with Gasteiger partial charge in [-0.1, -0.05) is 22.7 Å². The number of nitrogens with one attached hydrogen (secondary N) is 2. The molecule has 0 spiro atoms. The summed E-state index contributed by atoms with van der Waals surface area (Å²) in [6.07, 6.45) is 0. The molecule has 11 heteroatoms. The number of carbonyl (C=O) groups is 2. The number of hydroxylamine groups is 1. The molecular weight excluding hydrogens is 434 g/mol. The van der Waals surface area contributed by atoms with Gasteiger partial charge >= 0.3 is 6.03 Å². The first kappa shape index (κ1) is 23.7. The summed E-state index contributed by atoms with van der Waals surface area (Å²) < 4.78 is 25.2. The fourth-order valence-electron chi connectivity index (χ4n) is 3.19. The van der Waals surface area contributed by atoms with E-state index in [1.165, 1.54) is 38.4 Å². The van der Waals surface area contributed by atoms with Gasteiger partial charge in [-0.15, -0.1) is 0 Å². The minimum absolute atomic E-state index is 0.0576. The Labute approximate surface area is 187 Å². The lowest BCUT2D eigenvalue weighted by Crippen LogP contribution is -2.51. The first-order chi connectivity index (χ1) is 15.3.